The molecule has 6 nitrogen and oxygen atoms in total. The van der Waals surface area contributed by atoms with E-state index in [0.29, 0.717) is 6.79 Å². The molecule has 0 atom stereocenters. The van der Waals surface area contributed by atoms with Gasteiger partial charge in [0, 0.05) is 26.7 Å². The van der Waals surface area contributed by atoms with Crippen molar-refractivity contribution in [1.82, 2.24) is 15.5 Å². The summed E-state index contributed by atoms with van der Waals surface area (Å²) >= 11 is 0. The lowest BCUT2D eigenvalue weighted by atomic mass is 10.1. The number of hydrogen-bond donors (Lipinski definition) is 2. The first-order valence-corrected chi connectivity index (χ1v) is 10.3. The van der Waals surface area contributed by atoms with Gasteiger partial charge >= 0.3 is 0 Å². The van der Waals surface area contributed by atoms with Gasteiger partial charge in [-0.1, -0.05) is 44.2 Å². The van der Waals surface area contributed by atoms with Crippen LogP contribution < -0.4 is 20.1 Å². The summed E-state index contributed by atoms with van der Waals surface area (Å²) in [6.45, 7) is 9.41. The van der Waals surface area contributed by atoms with Gasteiger partial charge in [-0.05, 0) is 48.3 Å². The molecule has 0 bridgehead atoms. The molecule has 1 aliphatic rings. The fourth-order valence-corrected chi connectivity index (χ4v) is 3.30. The van der Waals surface area contributed by atoms with Gasteiger partial charge in [-0.15, -0.1) is 0 Å². The SMILES string of the molecule is CCN(CC)Cc1ccc(CNC(=NC)NCCc2ccc3c(c2)OCO3)cc1. The van der Waals surface area contributed by atoms with Crippen LogP contribution in [0.15, 0.2) is 47.5 Å². The standard InChI is InChI=1S/C23H32N4O2/c1-4-27(5-2)16-20-8-6-19(7-9-20)15-26-23(24-3)25-13-12-18-10-11-21-22(14-18)29-17-28-21/h6-11,14H,4-5,12-13,15-17H2,1-3H3,(H2,24,25,26). The minimum Gasteiger partial charge on any atom is -0.454 e. The van der Waals surface area contributed by atoms with Crippen molar-refractivity contribution < 1.29 is 9.47 Å². The second-order valence-corrected chi connectivity index (χ2v) is 7.07. The van der Waals surface area contributed by atoms with E-state index in [4.69, 9.17) is 9.47 Å². The van der Waals surface area contributed by atoms with Crippen molar-refractivity contribution in [3.05, 3.63) is 59.2 Å². The van der Waals surface area contributed by atoms with E-state index in [1.54, 1.807) is 7.05 Å². The van der Waals surface area contributed by atoms with Crippen molar-refractivity contribution in [2.75, 3.05) is 33.5 Å². The predicted octanol–water partition coefficient (Wildman–Crippen LogP) is 3.16. The Hall–Kier alpha value is -2.73. The highest BCUT2D eigenvalue weighted by Gasteiger charge is 2.13. The predicted molar refractivity (Wildman–Crippen MR) is 118 cm³/mol. The first kappa shape index (κ1) is 21.0. The van der Waals surface area contributed by atoms with Gasteiger partial charge in [0.15, 0.2) is 17.5 Å². The first-order valence-electron chi connectivity index (χ1n) is 10.3. The summed E-state index contributed by atoms with van der Waals surface area (Å²) in [6.07, 6.45) is 0.886. The molecule has 0 amide bonds. The minimum absolute atomic E-state index is 0.310. The quantitative estimate of drug-likeness (QED) is 0.504. The molecule has 0 aliphatic carbocycles. The highest BCUT2D eigenvalue weighted by molar-refractivity contribution is 5.79. The minimum atomic E-state index is 0.310. The fourth-order valence-electron chi connectivity index (χ4n) is 3.30. The highest BCUT2D eigenvalue weighted by atomic mass is 16.7. The smallest absolute Gasteiger partial charge is 0.231 e. The van der Waals surface area contributed by atoms with Gasteiger partial charge in [0.2, 0.25) is 6.79 Å². The van der Waals surface area contributed by atoms with Crippen LogP contribution in [-0.4, -0.2) is 44.3 Å². The average molecular weight is 397 g/mol. The van der Waals surface area contributed by atoms with Crippen molar-refractivity contribution in [3.63, 3.8) is 0 Å². The zero-order valence-electron chi connectivity index (χ0n) is 17.7. The second kappa shape index (κ2) is 10.7. The molecular weight excluding hydrogens is 364 g/mol. The van der Waals surface area contributed by atoms with E-state index >= 15 is 0 Å². The maximum atomic E-state index is 5.44. The van der Waals surface area contributed by atoms with Crippen LogP contribution in [0.1, 0.15) is 30.5 Å². The summed E-state index contributed by atoms with van der Waals surface area (Å²) in [6, 6.07) is 14.9. The molecule has 156 valence electrons. The van der Waals surface area contributed by atoms with Gasteiger partial charge in [-0.3, -0.25) is 9.89 Å². The van der Waals surface area contributed by atoms with Gasteiger partial charge in [0.05, 0.1) is 0 Å². The molecule has 0 saturated heterocycles. The maximum absolute atomic E-state index is 5.44. The summed E-state index contributed by atoms with van der Waals surface area (Å²) in [4.78, 5) is 6.73. The molecule has 1 aliphatic heterocycles. The Labute approximate surface area is 173 Å². The van der Waals surface area contributed by atoms with E-state index in [-0.39, 0.29) is 0 Å². The maximum Gasteiger partial charge on any atom is 0.231 e. The van der Waals surface area contributed by atoms with E-state index in [1.165, 1.54) is 16.7 Å². The Balaban J connectivity index is 1.42. The molecule has 0 radical (unpaired) electrons. The van der Waals surface area contributed by atoms with Crippen LogP contribution in [0, 0.1) is 0 Å². The molecule has 0 spiro atoms. The third-order valence-electron chi connectivity index (χ3n) is 5.15. The fraction of sp³-hybridized carbons (Fsp3) is 0.435. The van der Waals surface area contributed by atoms with Crippen molar-refractivity contribution in [1.29, 1.82) is 0 Å². The largest absolute Gasteiger partial charge is 0.454 e. The molecule has 0 unspecified atom stereocenters. The van der Waals surface area contributed by atoms with E-state index in [0.717, 1.165) is 56.6 Å². The van der Waals surface area contributed by atoms with Crippen molar-refractivity contribution in [3.8, 4) is 11.5 Å². The molecule has 0 saturated carbocycles. The van der Waals surface area contributed by atoms with Crippen LogP contribution in [0.4, 0.5) is 0 Å². The van der Waals surface area contributed by atoms with Crippen LogP contribution in [0.5, 0.6) is 11.5 Å². The Kier molecular flexibility index (Phi) is 7.76. The van der Waals surface area contributed by atoms with Crippen molar-refractivity contribution in [2.24, 2.45) is 4.99 Å². The molecule has 2 aromatic rings. The zero-order chi connectivity index (χ0) is 20.5. The van der Waals surface area contributed by atoms with Gasteiger partial charge in [-0.25, -0.2) is 0 Å². The summed E-state index contributed by atoms with van der Waals surface area (Å²) in [5.41, 5.74) is 3.80. The van der Waals surface area contributed by atoms with Gasteiger partial charge in [-0.2, -0.15) is 0 Å². The molecule has 2 aromatic carbocycles. The topological polar surface area (TPSA) is 58.1 Å². The third kappa shape index (κ3) is 6.12. The van der Waals surface area contributed by atoms with Gasteiger partial charge < -0.3 is 20.1 Å². The number of rotatable bonds is 9. The lowest BCUT2D eigenvalue weighted by molar-refractivity contribution is 0.174. The number of fused-ring (bicyclic) bond motifs is 1. The molecule has 6 heteroatoms. The Bertz CT molecular complexity index is 801. The zero-order valence-corrected chi connectivity index (χ0v) is 17.7. The monoisotopic (exact) mass is 396 g/mol. The number of nitrogens with zero attached hydrogens (tertiary/aromatic N) is 2. The Morgan fingerprint density at radius 2 is 1.62 bits per heavy atom. The summed E-state index contributed by atoms with van der Waals surface area (Å²) in [5.74, 6) is 2.45. The van der Waals surface area contributed by atoms with Gasteiger partial charge in [0.25, 0.3) is 0 Å². The lowest BCUT2D eigenvalue weighted by Crippen LogP contribution is -2.37. The third-order valence-corrected chi connectivity index (χ3v) is 5.15. The molecule has 3 rings (SSSR count). The molecule has 2 N–H and O–H groups in total. The molecule has 0 aromatic heterocycles. The number of nitrogens with one attached hydrogen (secondary N) is 2. The highest BCUT2D eigenvalue weighted by Crippen LogP contribution is 2.32. The second-order valence-electron chi connectivity index (χ2n) is 7.07. The van der Waals surface area contributed by atoms with Crippen LogP contribution in [0.3, 0.4) is 0 Å². The number of aliphatic imine (C=N–C) groups is 1. The lowest BCUT2D eigenvalue weighted by Gasteiger charge is -2.18. The number of hydrogen-bond acceptors (Lipinski definition) is 4. The summed E-state index contributed by atoms with van der Waals surface area (Å²) in [7, 11) is 1.79. The molecule has 0 fully saturated rings. The van der Waals surface area contributed by atoms with E-state index < -0.39 is 0 Å². The molecular formula is C23H32N4O2. The van der Waals surface area contributed by atoms with Crippen molar-refractivity contribution in [2.45, 2.75) is 33.4 Å². The normalized spacial score (nSPS) is 13.0. The van der Waals surface area contributed by atoms with E-state index in [2.05, 4.69) is 64.7 Å². The number of guanidine groups is 1. The molecule has 29 heavy (non-hydrogen) atoms. The van der Waals surface area contributed by atoms with Crippen LogP contribution in [0.2, 0.25) is 0 Å². The number of ether oxygens (including phenoxy) is 2. The van der Waals surface area contributed by atoms with E-state index in [1.807, 2.05) is 12.1 Å². The summed E-state index contributed by atoms with van der Waals surface area (Å²) in [5, 5.41) is 6.75. The molecule has 1 heterocycles. The Morgan fingerprint density at radius 1 is 0.931 bits per heavy atom. The summed E-state index contributed by atoms with van der Waals surface area (Å²) < 4.78 is 10.8. The van der Waals surface area contributed by atoms with Crippen LogP contribution in [0.25, 0.3) is 0 Å². The van der Waals surface area contributed by atoms with Crippen molar-refractivity contribution >= 4 is 5.96 Å². The Morgan fingerprint density at radius 3 is 2.34 bits per heavy atom. The number of benzene rings is 2. The van der Waals surface area contributed by atoms with Crippen LogP contribution in [-0.2, 0) is 19.5 Å². The van der Waals surface area contributed by atoms with Crippen LogP contribution >= 0.6 is 0 Å². The first-order chi connectivity index (χ1) is 14.2. The van der Waals surface area contributed by atoms with Gasteiger partial charge in [0.1, 0.15) is 0 Å². The van der Waals surface area contributed by atoms with E-state index in [9.17, 15) is 0 Å². The average Bonchev–Trinajstić information content (AvgIpc) is 3.23.